The van der Waals surface area contributed by atoms with Crippen molar-refractivity contribution in [3.63, 3.8) is 0 Å². The molecule has 2 aromatic rings. The zero-order chi connectivity index (χ0) is 13.1. The largest absolute Gasteiger partial charge is 0.481 e. The maximum atomic E-state index is 13.8. The molecule has 0 spiro atoms. The van der Waals surface area contributed by atoms with Gasteiger partial charge in [-0.25, -0.2) is 9.37 Å². The molecule has 0 bridgehead atoms. The molecule has 0 aliphatic rings. The van der Waals surface area contributed by atoms with E-state index in [1.54, 1.807) is 18.2 Å². The molecule has 94 valence electrons. The van der Waals surface area contributed by atoms with Gasteiger partial charge in [0.05, 0.1) is 19.9 Å². The van der Waals surface area contributed by atoms with Crippen LogP contribution in [-0.2, 0) is 6.61 Å². The summed E-state index contributed by atoms with van der Waals surface area (Å²) in [7, 11) is 1.46. The highest BCUT2D eigenvalue weighted by Crippen LogP contribution is 2.30. The summed E-state index contributed by atoms with van der Waals surface area (Å²) >= 11 is 5.84. The minimum atomic E-state index is -0.479. The molecule has 1 aromatic carbocycles. The first-order valence-corrected chi connectivity index (χ1v) is 5.62. The molecule has 0 aliphatic carbocycles. The summed E-state index contributed by atoms with van der Waals surface area (Å²) in [6.45, 7) is -0.222. The third kappa shape index (κ3) is 2.44. The Bertz CT molecular complexity index is 575. The summed E-state index contributed by atoms with van der Waals surface area (Å²) in [6, 6.07) is 6.38. The lowest BCUT2D eigenvalue weighted by molar-refractivity contribution is 0.282. The molecule has 0 radical (unpaired) electrons. The average Bonchev–Trinajstić information content (AvgIpc) is 2.39. The number of methoxy groups -OCH3 is 1. The number of aromatic nitrogens is 1. The van der Waals surface area contributed by atoms with Gasteiger partial charge >= 0.3 is 0 Å². The van der Waals surface area contributed by atoms with E-state index in [-0.39, 0.29) is 6.61 Å². The van der Waals surface area contributed by atoms with Gasteiger partial charge in [-0.1, -0.05) is 17.7 Å². The molecule has 0 aliphatic heterocycles. The second-order valence-electron chi connectivity index (χ2n) is 3.67. The average molecular weight is 268 g/mol. The zero-order valence-corrected chi connectivity index (χ0v) is 10.4. The molecule has 0 saturated carbocycles. The standard InChI is InChI=1S/C13H11ClFNO2/c1-18-13-5-11(12(15)6-16-13)10-3-2-9(14)4-8(10)7-17/h2-6,17H,7H2,1H3. The van der Waals surface area contributed by atoms with Gasteiger partial charge in [0.15, 0.2) is 0 Å². The first-order chi connectivity index (χ1) is 8.65. The molecule has 0 unspecified atom stereocenters. The van der Waals surface area contributed by atoms with E-state index in [1.807, 2.05) is 0 Å². The number of benzene rings is 1. The van der Waals surface area contributed by atoms with Gasteiger partial charge in [-0.05, 0) is 23.3 Å². The Kier molecular flexibility index (Phi) is 3.79. The number of hydrogen-bond donors (Lipinski definition) is 1. The van der Waals surface area contributed by atoms with Gasteiger partial charge in [0, 0.05) is 16.7 Å². The Morgan fingerprint density at radius 1 is 1.33 bits per heavy atom. The van der Waals surface area contributed by atoms with Crippen molar-refractivity contribution in [3.8, 4) is 17.0 Å². The number of aliphatic hydroxyl groups excluding tert-OH is 1. The van der Waals surface area contributed by atoms with Crippen LogP contribution in [0.25, 0.3) is 11.1 Å². The first kappa shape index (κ1) is 12.8. The van der Waals surface area contributed by atoms with Crippen LogP contribution in [0.5, 0.6) is 5.88 Å². The highest BCUT2D eigenvalue weighted by Gasteiger charge is 2.12. The van der Waals surface area contributed by atoms with Gasteiger partial charge < -0.3 is 9.84 Å². The predicted octanol–water partition coefficient (Wildman–Crippen LogP) is 3.04. The molecule has 3 nitrogen and oxygen atoms in total. The monoisotopic (exact) mass is 267 g/mol. The van der Waals surface area contributed by atoms with Gasteiger partial charge in [-0.3, -0.25) is 0 Å². The predicted molar refractivity (Wildman–Crippen MR) is 67.1 cm³/mol. The number of aliphatic hydroxyl groups is 1. The first-order valence-electron chi connectivity index (χ1n) is 5.25. The van der Waals surface area contributed by atoms with Crippen LogP contribution < -0.4 is 4.74 Å². The van der Waals surface area contributed by atoms with Crippen LogP contribution in [0.15, 0.2) is 30.5 Å². The lowest BCUT2D eigenvalue weighted by Gasteiger charge is -2.10. The fourth-order valence-corrected chi connectivity index (χ4v) is 1.89. The molecule has 1 aromatic heterocycles. The Morgan fingerprint density at radius 3 is 2.78 bits per heavy atom. The van der Waals surface area contributed by atoms with Gasteiger partial charge in [0.2, 0.25) is 5.88 Å². The van der Waals surface area contributed by atoms with E-state index in [2.05, 4.69) is 4.98 Å². The van der Waals surface area contributed by atoms with Crippen LogP contribution in [0.3, 0.4) is 0 Å². The molecule has 0 amide bonds. The van der Waals surface area contributed by atoms with Crippen LogP contribution in [0.1, 0.15) is 5.56 Å². The van der Waals surface area contributed by atoms with Crippen LogP contribution in [-0.4, -0.2) is 17.2 Å². The minimum absolute atomic E-state index is 0.222. The molecule has 1 N–H and O–H groups in total. The molecule has 5 heteroatoms. The fraction of sp³-hybridized carbons (Fsp3) is 0.154. The Hall–Kier alpha value is -1.65. The van der Waals surface area contributed by atoms with Gasteiger partial charge in [0.1, 0.15) is 5.82 Å². The summed E-state index contributed by atoms with van der Waals surface area (Å²) in [5.74, 6) is -0.168. The maximum absolute atomic E-state index is 13.8. The van der Waals surface area contributed by atoms with E-state index in [4.69, 9.17) is 16.3 Å². The molecule has 0 fully saturated rings. The number of pyridine rings is 1. The van der Waals surface area contributed by atoms with Crippen molar-refractivity contribution in [1.82, 2.24) is 4.98 Å². The lowest BCUT2D eigenvalue weighted by Crippen LogP contribution is -1.95. The molecule has 1 heterocycles. The van der Waals surface area contributed by atoms with Crippen molar-refractivity contribution in [2.45, 2.75) is 6.61 Å². The van der Waals surface area contributed by atoms with Gasteiger partial charge in [0.25, 0.3) is 0 Å². The highest BCUT2D eigenvalue weighted by atomic mass is 35.5. The third-order valence-electron chi connectivity index (χ3n) is 2.57. The minimum Gasteiger partial charge on any atom is -0.481 e. The van der Waals surface area contributed by atoms with Crippen LogP contribution in [0.2, 0.25) is 5.02 Å². The smallest absolute Gasteiger partial charge is 0.213 e. The maximum Gasteiger partial charge on any atom is 0.213 e. The summed E-state index contributed by atoms with van der Waals surface area (Å²) in [5.41, 5.74) is 1.44. The van der Waals surface area contributed by atoms with Crippen molar-refractivity contribution < 1.29 is 14.2 Å². The zero-order valence-electron chi connectivity index (χ0n) is 9.65. The van der Waals surface area contributed by atoms with Gasteiger partial charge in [-0.15, -0.1) is 0 Å². The molecular formula is C13H11ClFNO2. The van der Waals surface area contributed by atoms with E-state index < -0.39 is 5.82 Å². The Balaban J connectivity index is 2.60. The highest BCUT2D eigenvalue weighted by molar-refractivity contribution is 6.30. The lowest BCUT2D eigenvalue weighted by atomic mass is 10.0. The molecule has 18 heavy (non-hydrogen) atoms. The van der Waals surface area contributed by atoms with Gasteiger partial charge in [-0.2, -0.15) is 0 Å². The fourth-order valence-electron chi connectivity index (χ4n) is 1.69. The number of rotatable bonds is 3. The Morgan fingerprint density at radius 2 is 2.11 bits per heavy atom. The quantitative estimate of drug-likeness (QED) is 0.929. The normalized spacial score (nSPS) is 10.4. The number of hydrogen-bond acceptors (Lipinski definition) is 3. The number of halogens is 2. The number of ether oxygens (including phenoxy) is 1. The molecule has 0 atom stereocenters. The number of nitrogens with zero attached hydrogens (tertiary/aromatic N) is 1. The van der Waals surface area contributed by atoms with E-state index >= 15 is 0 Å². The summed E-state index contributed by atoms with van der Waals surface area (Å²) < 4.78 is 18.7. The van der Waals surface area contributed by atoms with Crippen molar-refractivity contribution in [3.05, 3.63) is 46.9 Å². The SMILES string of the molecule is COc1cc(-c2ccc(Cl)cc2CO)c(F)cn1. The van der Waals surface area contributed by atoms with Crippen LogP contribution in [0.4, 0.5) is 4.39 Å². The van der Waals surface area contributed by atoms with Crippen molar-refractivity contribution in [2.75, 3.05) is 7.11 Å². The summed E-state index contributed by atoms with van der Waals surface area (Å²) in [6.07, 6.45) is 1.09. The van der Waals surface area contributed by atoms with E-state index in [9.17, 15) is 9.50 Å². The van der Waals surface area contributed by atoms with E-state index in [1.165, 1.54) is 13.2 Å². The Labute approximate surface area is 109 Å². The van der Waals surface area contributed by atoms with Crippen molar-refractivity contribution in [1.29, 1.82) is 0 Å². The second-order valence-corrected chi connectivity index (χ2v) is 4.10. The van der Waals surface area contributed by atoms with E-state index in [0.29, 0.717) is 27.6 Å². The molecule has 0 saturated heterocycles. The topological polar surface area (TPSA) is 42.4 Å². The molecular weight excluding hydrogens is 257 g/mol. The molecule has 2 rings (SSSR count). The van der Waals surface area contributed by atoms with Crippen LogP contribution in [0, 0.1) is 5.82 Å². The summed E-state index contributed by atoms with van der Waals surface area (Å²) in [4.78, 5) is 3.77. The third-order valence-corrected chi connectivity index (χ3v) is 2.80. The van der Waals surface area contributed by atoms with Crippen molar-refractivity contribution >= 4 is 11.6 Å². The second kappa shape index (κ2) is 5.33. The summed E-state index contributed by atoms with van der Waals surface area (Å²) in [5, 5.41) is 9.78. The van der Waals surface area contributed by atoms with Crippen LogP contribution >= 0.6 is 11.6 Å². The van der Waals surface area contributed by atoms with Crippen molar-refractivity contribution in [2.24, 2.45) is 0 Å². The van der Waals surface area contributed by atoms with E-state index in [0.717, 1.165) is 6.20 Å².